The summed E-state index contributed by atoms with van der Waals surface area (Å²) in [5.41, 5.74) is 1.21. The summed E-state index contributed by atoms with van der Waals surface area (Å²) in [6.07, 6.45) is 2.95. The fourth-order valence-electron chi connectivity index (χ4n) is 4.82. The van der Waals surface area contributed by atoms with Crippen molar-refractivity contribution in [3.8, 4) is 17.2 Å². The molecule has 2 heterocycles. The lowest BCUT2D eigenvalue weighted by atomic mass is 9.77. The number of ether oxygens (including phenoxy) is 3. The molecule has 1 unspecified atom stereocenters. The van der Waals surface area contributed by atoms with E-state index in [0.717, 1.165) is 28.1 Å². The topological polar surface area (TPSA) is 77.4 Å². The summed E-state index contributed by atoms with van der Waals surface area (Å²) in [5, 5.41) is 1.76. The maximum absolute atomic E-state index is 11.6. The number of rotatable bonds is 3. The van der Waals surface area contributed by atoms with Gasteiger partial charge in [-0.1, -0.05) is 18.7 Å². The minimum absolute atomic E-state index is 0.367. The van der Waals surface area contributed by atoms with Crippen molar-refractivity contribution in [1.29, 1.82) is 0 Å². The van der Waals surface area contributed by atoms with Crippen LogP contribution in [0.1, 0.15) is 26.3 Å². The first kappa shape index (κ1) is 21.7. The average Bonchev–Trinajstić information content (AvgIpc) is 2.96. The van der Waals surface area contributed by atoms with Gasteiger partial charge in [0.15, 0.2) is 0 Å². The number of hydrogen-bond donors (Lipinski definition) is 0. The SMILES string of the molecule is C=CC(=O)Oc1ccc2ccc3c(c2c1)N=CC1(O3)N(C)c2ccc(OC(C)=O)cc2C1(C)C. The number of carbonyl (C=O) groups excluding carboxylic acids is 2. The summed E-state index contributed by atoms with van der Waals surface area (Å²) in [4.78, 5) is 30.0. The van der Waals surface area contributed by atoms with Crippen molar-refractivity contribution < 1.29 is 23.8 Å². The molecule has 0 saturated carbocycles. The molecule has 172 valence electrons. The molecule has 0 fully saturated rings. The van der Waals surface area contributed by atoms with Gasteiger partial charge in [0.1, 0.15) is 22.9 Å². The Morgan fingerprint density at radius 2 is 1.76 bits per heavy atom. The summed E-state index contributed by atoms with van der Waals surface area (Å²) < 4.78 is 17.3. The molecule has 2 aliphatic heterocycles. The highest BCUT2D eigenvalue weighted by atomic mass is 16.5. The van der Waals surface area contributed by atoms with Gasteiger partial charge in [-0.05, 0) is 61.2 Å². The van der Waals surface area contributed by atoms with Crippen LogP contribution in [0.4, 0.5) is 11.4 Å². The van der Waals surface area contributed by atoms with Crippen LogP contribution in [0.5, 0.6) is 17.2 Å². The smallest absolute Gasteiger partial charge is 0.335 e. The normalized spacial score (nSPS) is 19.4. The molecule has 7 heteroatoms. The Labute approximate surface area is 197 Å². The lowest BCUT2D eigenvalue weighted by Crippen LogP contribution is -2.61. The van der Waals surface area contributed by atoms with Crippen molar-refractivity contribution in [2.45, 2.75) is 31.9 Å². The van der Waals surface area contributed by atoms with Crippen LogP contribution in [0, 0.1) is 0 Å². The van der Waals surface area contributed by atoms with Crippen molar-refractivity contribution in [3.63, 3.8) is 0 Å². The second kappa shape index (κ2) is 7.45. The Balaban J connectivity index is 1.59. The Morgan fingerprint density at radius 3 is 2.50 bits per heavy atom. The molecule has 34 heavy (non-hydrogen) atoms. The minimum Gasteiger partial charge on any atom is -0.459 e. The van der Waals surface area contributed by atoms with Crippen LogP contribution in [-0.2, 0) is 15.0 Å². The van der Waals surface area contributed by atoms with Crippen LogP contribution in [0.2, 0.25) is 0 Å². The van der Waals surface area contributed by atoms with E-state index < -0.39 is 17.1 Å². The molecule has 1 atom stereocenters. The van der Waals surface area contributed by atoms with Crippen molar-refractivity contribution in [1.82, 2.24) is 0 Å². The molecule has 0 radical (unpaired) electrons. The van der Waals surface area contributed by atoms with Gasteiger partial charge in [-0.25, -0.2) is 4.79 Å². The Kier molecular flexibility index (Phi) is 4.75. The third-order valence-corrected chi connectivity index (χ3v) is 6.60. The number of esters is 2. The predicted molar refractivity (Wildman–Crippen MR) is 130 cm³/mol. The van der Waals surface area contributed by atoms with E-state index in [4.69, 9.17) is 19.2 Å². The van der Waals surface area contributed by atoms with Crippen LogP contribution in [0.3, 0.4) is 0 Å². The molecule has 2 aliphatic rings. The maximum Gasteiger partial charge on any atom is 0.335 e. The van der Waals surface area contributed by atoms with Crippen molar-refractivity contribution in [3.05, 3.63) is 66.7 Å². The van der Waals surface area contributed by atoms with E-state index in [-0.39, 0.29) is 5.97 Å². The number of fused-ring (bicyclic) bond motifs is 4. The molecule has 7 nitrogen and oxygen atoms in total. The molecule has 5 rings (SSSR count). The van der Waals surface area contributed by atoms with Crippen LogP contribution in [0.25, 0.3) is 10.8 Å². The molecular weight excluding hydrogens is 432 g/mol. The molecule has 1 spiro atoms. The van der Waals surface area contributed by atoms with E-state index in [1.807, 2.05) is 43.6 Å². The molecule has 0 bridgehead atoms. The second-order valence-electron chi connectivity index (χ2n) is 8.93. The summed E-state index contributed by atoms with van der Waals surface area (Å²) in [5.74, 6) is 0.627. The van der Waals surface area contributed by atoms with E-state index in [1.165, 1.54) is 6.92 Å². The first-order chi connectivity index (χ1) is 16.2. The standard InChI is InChI=1S/C27H24N2O5/c1-6-24(31)33-18-9-7-17-8-12-23-25(20(17)13-18)28-15-27(34-23)26(3,4)21-14-19(32-16(2)30)10-11-22(21)29(27)5/h6-15H,1H2,2-5H3. The second-order valence-corrected chi connectivity index (χ2v) is 8.93. The number of aliphatic imine (C=N–C) groups is 1. The van der Waals surface area contributed by atoms with Crippen molar-refractivity contribution >= 4 is 40.3 Å². The van der Waals surface area contributed by atoms with E-state index >= 15 is 0 Å². The molecule has 0 amide bonds. The predicted octanol–water partition coefficient (Wildman–Crippen LogP) is 5.08. The highest BCUT2D eigenvalue weighted by molar-refractivity contribution is 6.00. The number of carbonyl (C=O) groups is 2. The summed E-state index contributed by atoms with van der Waals surface area (Å²) in [6.45, 7) is 8.99. The van der Waals surface area contributed by atoms with E-state index in [1.54, 1.807) is 18.2 Å². The number of hydrogen-bond acceptors (Lipinski definition) is 7. The summed E-state index contributed by atoms with van der Waals surface area (Å²) in [7, 11) is 1.96. The first-order valence-electron chi connectivity index (χ1n) is 10.9. The molecular formula is C27H24N2O5. The molecule has 0 aliphatic carbocycles. The largest absolute Gasteiger partial charge is 0.459 e. The maximum atomic E-state index is 11.6. The highest BCUT2D eigenvalue weighted by Crippen LogP contribution is 2.55. The lowest BCUT2D eigenvalue weighted by Gasteiger charge is -2.45. The van der Waals surface area contributed by atoms with Gasteiger partial charge in [-0.15, -0.1) is 0 Å². The molecule has 0 aromatic heterocycles. The molecule has 3 aromatic carbocycles. The Morgan fingerprint density at radius 1 is 1.06 bits per heavy atom. The average molecular weight is 456 g/mol. The molecule has 0 saturated heterocycles. The van der Waals surface area contributed by atoms with Gasteiger partial charge in [0.25, 0.3) is 0 Å². The zero-order valence-electron chi connectivity index (χ0n) is 19.4. The van der Waals surface area contributed by atoms with Gasteiger partial charge in [0, 0.05) is 31.1 Å². The highest BCUT2D eigenvalue weighted by Gasteiger charge is 2.58. The van der Waals surface area contributed by atoms with Crippen molar-refractivity contribution in [2.75, 3.05) is 11.9 Å². The zero-order valence-corrected chi connectivity index (χ0v) is 19.4. The van der Waals surface area contributed by atoms with Gasteiger partial charge in [-0.3, -0.25) is 9.79 Å². The van der Waals surface area contributed by atoms with Crippen LogP contribution in [-0.4, -0.2) is 30.9 Å². The number of nitrogens with zero attached hydrogens (tertiary/aromatic N) is 2. The van der Waals surface area contributed by atoms with Gasteiger partial charge < -0.3 is 19.1 Å². The fourth-order valence-corrected chi connectivity index (χ4v) is 4.82. The Bertz CT molecular complexity index is 1410. The van der Waals surface area contributed by atoms with Gasteiger partial charge in [-0.2, -0.15) is 0 Å². The first-order valence-corrected chi connectivity index (χ1v) is 10.9. The molecule has 3 aromatic rings. The van der Waals surface area contributed by atoms with Gasteiger partial charge in [0.2, 0.25) is 5.72 Å². The van der Waals surface area contributed by atoms with Gasteiger partial charge >= 0.3 is 11.9 Å². The van der Waals surface area contributed by atoms with E-state index in [0.29, 0.717) is 22.9 Å². The minimum atomic E-state index is -0.891. The fraction of sp³-hybridized carbons (Fsp3) is 0.222. The summed E-state index contributed by atoms with van der Waals surface area (Å²) >= 11 is 0. The molecule has 0 N–H and O–H groups in total. The number of anilines is 1. The van der Waals surface area contributed by atoms with Crippen LogP contribution < -0.4 is 19.1 Å². The monoisotopic (exact) mass is 456 g/mol. The van der Waals surface area contributed by atoms with Gasteiger partial charge in [0.05, 0.1) is 11.6 Å². The van der Waals surface area contributed by atoms with Crippen molar-refractivity contribution in [2.24, 2.45) is 4.99 Å². The lowest BCUT2D eigenvalue weighted by molar-refractivity contribution is -0.132. The number of likely N-dealkylation sites (N-methyl/N-ethyl adjacent to an activating group) is 1. The zero-order chi connectivity index (χ0) is 24.3. The quantitative estimate of drug-likeness (QED) is 0.311. The Hall–Kier alpha value is -4.13. The third kappa shape index (κ3) is 3.08. The van der Waals surface area contributed by atoms with E-state index in [2.05, 4.69) is 25.3 Å². The van der Waals surface area contributed by atoms with Crippen LogP contribution >= 0.6 is 0 Å². The van der Waals surface area contributed by atoms with Crippen LogP contribution in [0.15, 0.2) is 66.2 Å². The number of benzene rings is 3. The summed E-state index contributed by atoms with van der Waals surface area (Å²) in [6, 6.07) is 14.8. The van der Waals surface area contributed by atoms with E-state index in [9.17, 15) is 9.59 Å². The third-order valence-electron chi connectivity index (χ3n) is 6.60.